The molecule has 1 rings (SSSR count). The first-order valence-electron chi connectivity index (χ1n) is 4.58. The summed E-state index contributed by atoms with van der Waals surface area (Å²) in [6.07, 6.45) is 2.06. The van der Waals surface area contributed by atoms with Gasteiger partial charge in [-0.05, 0) is 28.2 Å². The molecule has 12 heavy (non-hydrogen) atoms. The first kappa shape index (κ1) is 10.1. The first-order chi connectivity index (χ1) is 5.49. The molecule has 0 aromatic heterocycles. The fraction of sp³-hybridized carbons (Fsp3) is 0.889. The van der Waals surface area contributed by atoms with Gasteiger partial charge in [0.15, 0.2) is 0 Å². The average Bonchev–Trinajstić information content (AvgIpc) is 1.93. The highest BCUT2D eigenvalue weighted by atomic mass is 32.2. The molecule has 0 radical (unpaired) electrons. The predicted octanol–water partition coefficient (Wildman–Crippen LogP) is 0.863. The van der Waals surface area contributed by atoms with E-state index in [1.807, 2.05) is 0 Å². The second-order valence-corrected chi connectivity index (χ2v) is 6.72. The predicted molar refractivity (Wildman–Crippen MR) is 56.3 cm³/mol. The van der Waals surface area contributed by atoms with Gasteiger partial charge in [0.05, 0.1) is 0 Å². The van der Waals surface area contributed by atoms with Crippen LogP contribution in [0.25, 0.3) is 0 Å². The Balaban J connectivity index is 2.36. The largest absolute Gasteiger partial charge is 0.312 e. The summed E-state index contributed by atoms with van der Waals surface area (Å²) in [5.41, 5.74) is 0. The van der Waals surface area contributed by atoms with E-state index >= 15 is 0 Å². The van der Waals surface area contributed by atoms with Crippen molar-refractivity contribution in [2.45, 2.75) is 38.8 Å². The molecule has 0 spiro atoms. The highest BCUT2D eigenvalue weighted by Crippen LogP contribution is 2.12. The van der Waals surface area contributed by atoms with Crippen LogP contribution in [-0.4, -0.2) is 33.7 Å². The van der Waals surface area contributed by atoms with Crippen molar-refractivity contribution in [1.29, 1.82) is 0 Å². The lowest BCUT2D eigenvalue weighted by molar-refractivity contribution is 0.435. The van der Waals surface area contributed by atoms with E-state index in [1.54, 1.807) is 0 Å². The Kier molecular flexibility index (Phi) is 3.18. The van der Waals surface area contributed by atoms with Crippen molar-refractivity contribution in [3.8, 4) is 0 Å². The fourth-order valence-corrected chi connectivity index (χ4v) is 3.23. The third-order valence-corrected chi connectivity index (χ3v) is 4.21. The summed E-state index contributed by atoms with van der Waals surface area (Å²) in [7, 11) is -1.69. The number of rotatable bonds is 2. The van der Waals surface area contributed by atoms with Crippen molar-refractivity contribution < 1.29 is 4.21 Å². The molecular formula is C9H19NOS. The molecule has 1 N–H and O–H groups in total. The van der Waals surface area contributed by atoms with Gasteiger partial charge >= 0.3 is 0 Å². The molecule has 1 heterocycles. The topological polar surface area (TPSA) is 29.1 Å². The molecule has 0 aromatic carbocycles. The summed E-state index contributed by atoms with van der Waals surface area (Å²) in [6, 6.07) is 1.11. The monoisotopic (exact) mass is 189 g/mol. The Morgan fingerprint density at radius 3 is 2.33 bits per heavy atom. The van der Waals surface area contributed by atoms with Crippen LogP contribution in [0.5, 0.6) is 0 Å². The Bertz CT molecular complexity index is 217. The minimum absolute atomic E-state index is 0.536. The second-order valence-electron chi connectivity index (χ2n) is 3.97. The molecule has 1 aliphatic heterocycles. The SMILES string of the molecule is C=S1(=O)CCC(NC(C)C)CC1. The van der Waals surface area contributed by atoms with Gasteiger partial charge in [0, 0.05) is 23.6 Å². The molecule has 0 atom stereocenters. The first-order valence-corrected chi connectivity index (χ1v) is 6.65. The van der Waals surface area contributed by atoms with Gasteiger partial charge in [0.25, 0.3) is 0 Å². The van der Waals surface area contributed by atoms with E-state index in [-0.39, 0.29) is 0 Å². The van der Waals surface area contributed by atoms with Gasteiger partial charge in [0.2, 0.25) is 0 Å². The van der Waals surface area contributed by atoms with Crippen LogP contribution in [0.15, 0.2) is 0 Å². The van der Waals surface area contributed by atoms with Crippen LogP contribution in [0, 0.1) is 0 Å². The summed E-state index contributed by atoms with van der Waals surface area (Å²) in [5, 5.41) is 3.47. The Morgan fingerprint density at radius 1 is 1.42 bits per heavy atom. The van der Waals surface area contributed by atoms with Crippen LogP contribution in [0.3, 0.4) is 0 Å². The lowest BCUT2D eigenvalue weighted by atomic mass is 10.1. The van der Waals surface area contributed by atoms with Crippen LogP contribution in [-0.2, 0) is 9.52 Å². The molecule has 0 saturated carbocycles. The maximum Gasteiger partial charge on any atom is 0.0173 e. The molecule has 0 aromatic rings. The summed E-state index contributed by atoms with van der Waals surface area (Å²) < 4.78 is 11.5. The van der Waals surface area contributed by atoms with Gasteiger partial charge in [-0.2, -0.15) is 0 Å². The lowest BCUT2D eigenvalue weighted by Crippen LogP contribution is -2.40. The number of hydrogen-bond donors (Lipinski definition) is 1. The van der Waals surface area contributed by atoms with E-state index in [1.165, 1.54) is 0 Å². The summed E-state index contributed by atoms with van der Waals surface area (Å²) in [6.45, 7) is 4.30. The smallest absolute Gasteiger partial charge is 0.0173 e. The number of nitrogens with one attached hydrogen (secondary N) is 1. The normalized spacial score (nSPS) is 37.1. The van der Waals surface area contributed by atoms with Gasteiger partial charge in [-0.25, -0.2) is 0 Å². The van der Waals surface area contributed by atoms with Crippen molar-refractivity contribution in [3.63, 3.8) is 0 Å². The standard InChI is InChI=1S/C9H19NOS/c1-8(2)10-9-4-6-12(3,11)7-5-9/h8-10H,3-7H2,1-2H3. The van der Waals surface area contributed by atoms with Gasteiger partial charge in [-0.15, -0.1) is 0 Å². The van der Waals surface area contributed by atoms with Crippen LogP contribution in [0.2, 0.25) is 0 Å². The van der Waals surface area contributed by atoms with E-state index in [0.717, 1.165) is 24.3 Å². The van der Waals surface area contributed by atoms with Gasteiger partial charge in [-0.1, -0.05) is 13.8 Å². The molecule has 1 saturated heterocycles. The van der Waals surface area contributed by atoms with Gasteiger partial charge < -0.3 is 5.32 Å². The molecular weight excluding hydrogens is 170 g/mol. The lowest BCUT2D eigenvalue weighted by Gasteiger charge is -2.27. The van der Waals surface area contributed by atoms with Crippen LogP contribution >= 0.6 is 0 Å². The summed E-state index contributed by atoms with van der Waals surface area (Å²) in [5.74, 6) is 5.35. The molecule has 1 aliphatic rings. The van der Waals surface area contributed by atoms with Crippen LogP contribution in [0.1, 0.15) is 26.7 Å². The average molecular weight is 189 g/mol. The zero-order valence-electron chi connectivity index (χ0n) is 8.01. The molecule has 0 unspecified atom stereocenters. The van der Waals surface area contributed by atoms with Crippen LogP contribution in [0.4, 0.5) is 0 Å². The zero-order chi connectivity index (χ0) is 9.19. The van der Waals surface area contributed by atoms with Crippen molar-refractivity contribution in [3.05, 3.63) is 0 Å². The van der Waals surface area contributed by atoms with Crippen molar-refractivity contribution in [1.82, 2.24) is 5.32 Å². The third kappa shape index (κ3) is 3.15. The van der Waals surface area contributed by atoms with Crippen molar-refractivity contribution in [2.24, 2.45) is 0 Å². The molecule has 72 valence electrons. The van der Waals surface area contributed by atoms with Gasteiger partial charge in [-0.3, -0.25) is 4.21 Å². The third-order valence-electron chi connectivity index (χ3n) is 2.25. The summed E-state index contributed by atoms with van der Waals surface area (Å²) >= 11 is 0. The zero-order valence-corrected chi connectivity index (χ0v) is 8.82. The molecule has 1 fully saturated rings. The Morgan fingerprint density at radius 2 is 1.92 bits per heavy atom. The van der Waals surface area contributed by atoms with E-state index in [4.69, 9.17) is 0 Å². The highest BCUT2D eigenvalue weighted by Gasteiger charge is 2.19. The maximum absolute atomic E-state index is 11.5. The minimum Gasteiger partial charge on any atom is -0.312 e. The fourth-order valence-electron chi connectivity index (χ4n) is 1.60. The molecule has 3 heteroatoms. The molecule has 0 amide bonds. The van der Waals surface area contributed by atoms with E-state index in [9.17, 15) is 4.21 Å². The van der Waals surface area contributed by atoms with Gasteiger partial charge in [0.1, 0.15) is 0 Å². The Labute approximate surface area is 75.7 Å². The number of hydrogen-bond acceptors (Lipinski definition) is 2. The van der Waals surface area contributed by atoms with Crippen molar-refractivity contribution >= 4 is 15.4 Å². The van der Waals surface area contributed by atoms with Crippen molar-refractivity contribution in [2.75, 3.05) is 11.5 Å². The quantitative estimate of drug-likeness (QED) is 0.653. The van der Waals surface area contributed by atoms with E-state index in [2.05, 4.69) is 25.0 Å². The minimum atomic E-state index is -1.69. The van der Waals surface area contributed by atoms with E-state index < -0.39 is 9.52 Å². The molecule has 0 bridgehead atoms. The Hall–Kier alpha value is -0.0200. The highest BCUT2D eigenvalue weighted by molar-refractivity contribution is 8.00. The molecule has 0 aliphatic carbocycles. The van der Waals surface area contributed by atoms with Crippen LogP contribution < -0.4 is 5.32 Å². The van der Waals surface area contributed by atoms with E-state index in [0.29, 0.717) is 12.1 Å². The summed E-state index contributed by atoms with van der Waals surface area (Å²) in [4.78, 5) is 0. The maximum atomic E-state index is 11.5. The molecule has 2 nitrogen and oxygen atoms in total. The second kappa shape index (κ2) is 3.79.